The quantitative estimate of drug-likeness (QED) is 0.745. The average Bonchev–Trinajstić information content (AvgIpc) is 3.13. The van der Waals surface area contributed by atoms with Crippen LogP contribution in [0.4, 0.5) is 0 Å². The molecule has 1 heterocycles. The molecule has 0 aromatic rings. The normalized spacial score (nSPS) is 21.3. The molecule has 2 aliphatic rings. The molecule has 6 heteroatoms. The third-order valence-corrected chi connectivity index (χ3v) is 4.97. The molecule has 1 amide bonds. The maximum atomic E-state index is 12.0. The van der Waals surface area contributed by atoms with Gasteiger partial charge in [-0.1, -0.05) is 0 Å². The van der Waals surface area contributed by atoms with Gasteiger partial charge in [-0.3, -0.25) is 4.79 Å². The highest BCUT2D eigenvalue weighted by Crippen LogP contribution is 2.29. The maximum absolute atomic E-state index is 12.0. The van der Waals surface area contributed by atoms with Crippen LogP contribution in [0.5, 0.6) is 0 Å². The van der Waals surface area contributed by atoms with Crippen molar-refractivity contribution in [3.05, 3.63) is 0 Å². The van der Waals surface area contributed by atoms with Crippen LogP contribution in [0.15, 0.2) is 0 Å². The van der Waals surface area contributed by atoms with E-state index < -0.39 is 10.0 Å². The summed E-state index contributed by atoms with van der Waals surface area (Å²) in [5.74, 6) is 0.101. The van der Waals surface area contributed by atoms with Crippen LogP contribution in [0, 0.1) is 0 Å². The molecule has 0 radical (unpaired) electrons. The lowest BCUT2D eigenvalue weighted by atomic mass is 10.1. The van der Waals surface area contributed by atoms with Gasteiger partial charge in [0.05, 0.1) is 6.26 Å². The van der Waals surface area contributed by atoms with Crippen molar-refractivity contribution < 1.29 is 13.2 Å². The molecule has 1 saturated heterocycles. The Morgan fingerprint density at radius 2 is 1.83 bits per heavy atom. The minimum Gasteiger partial charge on any atom is -0.343 e. The van der Waals surface area contributed by atoms with Gasteiger partial charge in [0.2, 0.25) is 15.9 Å². The van der Waals surface area contributed by atoms with Crippen LogP contribution in [0.3, 0.4) is 0 Å². The molecule has 0 unspecified atom stereocenters. The fraction of sp³-hybridized carbons (Fsp3) is 0.917. The monoisotopic (exact) mass is 274 g/mol. The van der Waals surface area contributed by atoms with Gasteiger partial charge in [0, 0.05) is 32.1 Å². The molecule has 1 aliphatic heterocycles. The summed E-state index contributed by atoms with van der Waals surface area (Å²) in [5.41, 5.74) is 0. The third kappa shape index (κ3) is 3.68. The van der Waals surface area contributed by atoms with Gasteiger partial charge in [0.15, 0.2) is 0 Å². The van der Waals surface area contributed by atoms with Gasteiger partial charge in [0.25, 0.3) is 0 Å². The first-order chi connectivity index (χ1) is 8.48. The van der Waals surface area contributed by atoms with Gasteiger partial charge in [-0.15, -0.1) is 0 Å². The summed E-state index contributed by atoms with van der Waals surface area (Å²) in [4.78, 5) is 13.8. The number of nitrogens with zero attached hydrogens (tertiary/aromatic N) is 2. The van der Waals surface area contributed by atoms with Crippen molar-refractivity contribution in [2.45, 2.75) is 44.6 Å². The first-order valence-corrected chi connectivity index (χ1v) is 8.58. The summed E-state index contributed by atoms with van der Waals surface area (Å²) in [6, 6.07) is 0.147. The number of carbonyl (C=O) groups excluding carboxylic acids is 1. The van der Waals surface area contributed by atoms with E-state index in [2.05, 4.69) is 0 Å². The van der Waals surface area contributed by atoms with E-state index in [0.717, 1.165) is 38.8 Å². The van der Waals surface area contributed by atoms with E-state index in [4.69, 9.17) is 0 Å². The van der Waals surface area contributed by atoms with E-state index in [1.807, 2.05) is 4.90 Å². The lowest BCUT2D eigenvalue weighted by Crippen LogP contribution is -2.39. The van der Waals surface area contributed by atoms with Gasteiger partial charge in [-0.2, -0.15) is 4.31 Å². The molecule has 1 saturated carbocycles. The zero-order chi connectivity index (χ0) is 13.2. The summed E-state index contributed by atoms with van der Waals surface area (Å²) in [7, 11) is -3.17. The first kappa shape index (κ1) is 13.8. The van der Waals surface area contributed by atoms with Crippen LogP contribution in [0.25, 0.3) is 0 Å². The van der Waals surface area contributed by atoms with Crippen LogP contribution in [-0.4, -0.2) is 55.5 Å². The maximum Gasteiger partial charge on any atom is 0.223 e. The highest BCUT2D eigenvalue weighted by molar-refractivity contribution is 7.88. The molecule has 104 valence electrons. The molecule has 18 heavy (non-hydrogen) atoms. The molecule has 0 aromatic carbocycles. The van der Waals surface area contributed by atoms with Crippen molar-refractivity contribution in [3.8, 4) is 0 Å². The summed E-state index contributed by atoms with van der Waals surface area (Å²) in [6.45, 7) is 2.01. The Kier molecular flexibility index (Phi) is 4.27. The van der Waals surface area contributed by atoms with Crippen molar-refractivity contribution in [2.75, 3.05) is 25.9 Å². The Hall–Kier alpha value is -0.620. The smallest absolute Gasteiger partial charge is 0.223 e. The molecular formula is C12H22N2O3S. The SMILES string of the molecule is CS(=O)(=O)N(CCC(=O)N1CCCCC1)C1CC1. The number of sulfonamides is 1. The van der Waals surface area contributed by atoms with Crippen molar-refractivity contribution in [1.82, 2.24) is 9.21 Å². The van der Waals surface area contributed by atoms with Crippen LogP contribution < -0.4 is 0 Å². The number of likely N-dealkylation sites (tertiary alicyclic amines) is 1. The zero-order valence-corrected chi connectivity index (χ0v) is 11.8. The summed E-state index contributed by atoms with van der Waals surface area (Å²) >= 11 is 0. The highest BCUT2D eigenvalue weighted by atomic mass is 32.2. The largest absolute Gasteiger partial charge is 0.343 e. The Labute approximate surface area is 109 Å². The molecular weight excluding hydrogens is 252 g/mol. The number of piperidine rings is 1. The fourth-order valence-corrected chi connectivity index (χ4v) is 3.66. The van der Waals surface area contributed by atoms with Crippen LogP contribution in [0.2, 0.25) is 0 Å². The lowest BCUT2D eigenvalue weighted by Gasteiger charge is -2.28. The minimum atomic E-state index is -3.17. The Bertz CT molecular complexity index is 398. The summed E-state index contributed by atoms with van der Waals surface area (Å²) in [5, 5.41) is 0. The Balaban J connectivity index is 1.83. The van der Waals surface area contributed by atoms with Crippen molar-refractivity contribution in [3.63, 3.8) is 0 Å². The average molecular weight is 274 g/mol. The van der Waals surface area contributed by atoms with E-state index in [1.165, 1.54) is 17.0 Å². The van der Waals surface area contributed by atoms with E-state index in [9.17, 15) is 13.2 Å². The number of carbonyl (C=O) groups is 1. The molecule has 5 nitrogen and oxygen atoms in total. The van der Waals surface area contributed by atoms with E-state index in [0.29, 0.717) is 13.0 Å². The number of hydrogen-bond acceptors (Lipinski definition) is 3. The van der Waals surface area contributed by atoms with Gasteiger partial charge >= 0.3 is 0 Å². The molecule has 2 fully saturated rings. The second-order valence-electron chi connectivity index (χ2n) is 5.30. The minimum absolute atomic E-state index is 0.101. The van der Waals surface area contributed by atoms with Crippen LogP contribution >= 0.6 is 0 Å². The number of hydrogen-bond donors (Lipinski definition) is 0. The van der Waals surface area contributed by atoms with E-state index in [-0.39, 0.29) is 11.9 Å². The molecule has 0 atom stereocenters. The van der Waals surface area contributed by atoms with Gasteiger partial charge in [0.1, 0.15) is 0 Å². The predicted molar refractivity (Wildman–Crippen MR) is 69.6 cm³/mol. The Morgan fingerprint density at radius 3 is 2.33 bits per heavy atom. The summed E-state index contributed by atoms with van der Waals surface area (Å²) in [6.07, 6.45) is 6.77. The number of rotatable bonds is 5. The van der Waals surface area contributed by atoms with Crippen LogP contribution in [-0.2, 0) is 14.8 Å². The van der Waals surface area contributed by atoms with E-state index in [1.54, 1.807) is 0 Å². The molecule has 2 rings (SSSR count). The molecule has 0 spiro atoms. The van der Waals surface area contributed by atoms with Crippen molar-refractivity contribution in [1.29, 1.82) is 0 Å². The Morgan fingerprint density at radius 1 is 1.22 bits per heavy atom. The molecule has 1 aliphatic carbocycles. The first-order valence-electron chi connectivity index (χ1n) is 6.73. The summed E-state index contributed by atoms with van der Waals surface area (Å²) < 4.78 is 24.7. The topological polar surface area (TPSA) is 57.7 Å². The van der Waals surface area contributed by atoms with Crippen LogP contribution in [0.1, 0.15) is 38.5 Å². The molecule has 0 aromatic heterocycles. The molecule has 0 N–H and O–H groups in total. The lowest BCUT2D eigenvalue weighted by molar-refractivity contribution is -0.132. The second-order valence-corrected chi connectivity index (χ2v) is 7.23. The van der Waals surface area contributed by atoms with Crippen molar-refractivity contribution >= 4 is 15.9 Å². The fourth-order valence-electron chi connectivity index (χ4n) is 2.49. The molecule has 0 bridgehead atoms. The zero-order valence-electron chi connectivity index (χ0n) is 11.0. The van der Waals surface area contributed by atoms with E-state index >= 15 is 0 Å². The number of amides is 1. The third-order valence-electron chi connectivity index (χ3n) is 3.63. The standard InChI is InChI=1S/C12H22N2O3S/c1-18(16,17)14(11-5-6-11)10-7-12(15)13-8-3-2-4-9-13/h11H,2-10H2,1H3. The predicted octanol–water partition coefficient (Wildman–Crippen LogP) is 0.813. The highest BCUT2D eigenvalue weighted by Gasteiger charge is 2.35. The van der Waals surface area contributed by atoms with Gasteiger partial charge in [-0.25, -0.2) is 8.42 Å². The van der Waals surface area contributed by atoms with Crippen molar-refractivity contribution in [2.24, 2.45) is 0 Å². The van der Waals surface area contributed by atoms with Gasteiger partial charge < -0.3 is 4.90 Å². The second kappa shape index (κ2) is 5.57. The van der Waals surface area contributed by atoms with Gasteiger partial charge in [-0.05, 0) is 32.1 Å².